The summed E-state index contributed by atoms with van der Waals surface area (Å²) in [5, 5.41) is 4.60. The third kappa shape index (κ3) is 3.96. The van der Waals surface area contributed by atoms with Crippen molar-refractivity contribution in [3.05, 3.63) is 53.3 Å². The second-order valence-electron chi connectivity index (χ2n) is 6.16. The van der Waals surface area contributed by atoms with Gasteiger partial charge in [-0.3, -0.25) is 9.48 Å². The van der Waals surface area contributed by atoms with Gasteiger partial charge < -0.3 is 4.90 Å². The van der Waals surface area contributed by atoms with Gasteiger partial charge in [-0.05, 0) is 30.4 Å². The van der Waals surface area contributed by atoms with Crippen molar-refractivity contribution in [3.8, 4) is 0 Å². The Bertz CT molecular complexity index is 682. The zero-order valence-corrected chi connectivity index (χ0v) is 14.6. The average molecular weight is 329 g/mol. The van der Waals surface area contributed by atoms with Gasteiger partial charge in [0.1, 0.15) is 0 Å². The molecule has 23 heavy (non-hydrogen) atoms. The van der Waals surface area contributed by atoms with Gasteiger partial charge in [-0.15, -0.1) is 11.8 Å². The van der Waals surface area contributed by atoms with E-state index in [-0.39, 0.29) is 5.91 Å². The molecule has 1 aromatic heterocycles. The molecule has 0 aliphatic heterocycles. The Morgan fingerprint density at radius 2 is 2.26 bits per heavy atom. The number of carbonyl (C=O) groups is 1. The molecule has 1 aliphatic carbocycles. The highest BCUT2D eigenvalue weighted by atomic mass is 32.2. The highest BCUT2D eigenvalue weighted by Gasteiger charge is 2.21. The van der Waals surface area contributed by atoms with E-state index in [1.807, 2.05) is 26.5 Å². The number of rotatable bonds is 5. The minimum atomic E-state index is 0.182. The topological polar surface area (TPSA) is 38.1 Å². The van der Waals surface area contributed by atoms with Crippen LogP contribution in [0.5, 0.6) is 0 Å². The summed E-state index contributed by atoms with van der Waals surface area (Å²) in [6.07, 6.45) is 7.32. The minimum Gasteiger partial charge on any atom is -0.341 e. The summed E-state index contributed by atoms with van der Waals surface area (Å²) in [5.41, 5.74) is 3.94. The first-order valence-corrected chi connectivity index (χ1v) is 9.09. The molecule has 1 amide bonds. The molecule has 0 saturated heterocycles. The molecule has 0 bridgehead atoms. The molecule has 0 radical (unpaired) electrons. The fourth-order valence-electron chi connectivity index (χ4n) is 3.08. The van der Waals surface area contributed by atoms with E-state index in [2.05, 4.69) is 29.4 Å². The molecule has 0 fully saturated rings. The lowest BCUT2D eigenvalue weighted by Crippen LogP contribution is -2.28. The number of aryl methyl sites for hydroxylation is 2. The molecule has 3 rings (SSSR count). The maximum Gasteiger partial charge on any atom is 0.232 e. The number of hydrogen-bond acceptors (Lipinski definition) is 3. The van der Waals surface area contributed by atoms with Gasteiger partial charge in [0.05, 0.1) is 11.9 Å². The monoisotopic (exact) mass is 329 g/mol. The van der Waals surface area contributed by atoms with Crippen LogP contribution < -0.4 is 0 Å². The van der Waals surface area contributed by atoms with Gasteiger partial charge in [0, 0.05) is 37.7 Å². The molecule has 0 saturated carbocycles. The Morgan fingerprint density at radius 1 is 1.43 bits per heavy atom. The lowest BCUT2D eigenvalue weighted by atomic mass is 9.91. The van der Waals surface area contributed by atoms with Gasteiger partial charge in [0.25, 0.3) is 0 Å². The molecule has 0 unspecified atom stereocenters. The van der Waals surface area contributed by atoms with Gasteiger partial charge in [0.2, 0.25) is 5.91 Å². The predicted molar refractivity (Wildman–Crippen MR) is 94.3 cm³/mol. The molecule has 2 aromatic rings. The van der Waals surface area contributed by atoms with E-state index in [0.717, 1.165) is 5.56 Å². The van der Waals surface area contributed by atoms with Crippen molar-refractivity contribution in [1.82, 2.24) is 14.7 Å². The zero-order valence-electron chi connectivity index (χ0n) is 13.7. The first kappa shape index (κ1) is 16.1. The number of hydrogen-bond donors (Lipinski definition) is 0. The summed E-state index contributed by atoms with van der Waals surface area (Å²) >= 11 is 1.78. The molecule has 1 aliphatic rings. The van der Waals surface area contributed by atoms with Crippen LogP contribution in [0.25, 0.3) is 0 Å². The first-order chi connectivity index (χ1) is 11.1. The molecular weight excluding hydrogens is 306 g/mol. The summed E-state index contributed by atoms with van der Waals surface area (Å²) in [5.74, 6) is 0.720. The number of carbonyl (C=O) groups excluding carboxylic acids is 1. The van der Waals surface area contributed by atoms with Crippen LogP contribution in [0.15, 0.2) is 36.7 Å². The van der Waals surface area contributed by atoms with Crippen molar-refractivity contribution < 1.29 is 4.79 Å². The van der Waals surface area contributed by atoms with Crippen LogP contribution in [0, 0.1) is 0 Å². The van der Waals surface area contributed by atoms with Crippen LogP contribution in [0.1, 0.15) is 34.8 Å². The number of fused-ring (bicyclic) bond motifs is 1. The van der Waals surface area contributed by atoms with Crippen LogP contribution in [0.2, 0.25) is 0 Å². The van der Waals surface area contributed by atoms with Crippen molar-refractivity contribution in [1.29, 1.82) is 0 Å². The second-order valence-corrected chi connectivity index (χ2v) is 7.35. The fraction of sp³-hybridized carbons (Fsp3) is 0.444. The Kier molecular flexibility index (Phi) is 5.06. The van der Waals surface area contributed by atoms with Crippen LogP contribution in [0.3, 0.4) is 0 Å². The number of amides is 1. The first-order valence-electron chi connectivity index (χ1n) is 8.04. The van der Waals surface area contributed by atoms with Gasteiger partial charge in [-0.2, -0.15) is 5.10 Å². The van der Waals surface area contributed by atoms with Crippen LogP contribution in [0.4, 0.5) is 0 Å². The number of benzene rings is 1. The summed E-state index contributed by atoms with van der Waals surface area (Å²) < 4.78 is 1.77. The summed E-state index contributed by atoms with van der Waals surface area (Å²) in [4.78, 5) is 14.2. The van der Waals surface area contributed by atoms with Gasteiger partial charge >= 0.3 is 0 Å². The molecule has 1 aromatic carbocycles. The van der Waals surface area contributed by atoms with Crippen LogP contribution in [-0.2, 0) is 24.8 Å². The molecule has 0 N–H and O–H groups in total. The van der Waals surface area contributed by atoms with Crippen molar-refractivity contribution >= 4 is 17.7 Å². The van der Waals surface area contributed by atoms with Crippen LogP contribution in [-0.4, -0.2) is 33.4 Å². The zero-order chi connectivity index (χ0) is 16.2. The van der Waals surface area contributed by atoms with Gasteiger partial charge in [0.15, 0.2) is 0 Å². The van der Waals surface area contributed by atoms with Crippen molar-refractivity contribution in [2.24, 2.45) is 7.05 Å². The van der Waals surface area contributed by atoms with E-state index in [1.165, 1.54) is 30.4 Å². The number of aromatic nitrogens is 2. The second kappa shape index (κ2) is 7.21. The highest BCUT2D eigenvalue weighted by molar-refractivity contribution is 8.00. The van der Waals surface area contributed by atoms with E-state index in [9.17, 15) is 4.79 Å². The molecule has 4 nitrogen and oxygen atoms in total. The largest absolute Gasteiger partial charge is 0.341 e. The van der Waals surface area contributed by atoms with E-state index in [4.69, 9.17) is 0 Å². The third-order valence-electron chi connectivity index (χ3n) is 4.33. The Labute approximate surface area is 141 Å². The Morgan fingerprint density at radius 3 is 3.04 bits per heavy atom. The predicted octanol–water partition coefficient (Wildman–Crippen LogP) is 3.19. The lowest BCUT2D eigenvalue weighted by molar-refractivity contribution is -0.127. The smallest absolute Gasteiger partial charge is 0.232 e. The number of thioether (sulfide) groups is 1. The van der Waals surface area contributed by atoms with E-state index in [1.54, 1.807) is 21.3 Å². The average Bonchev–Trinajstić information content (AvgIpc) is 2.97. The quantitative estimate of drug-likeness (QED) is 0.845. The highest BCUT2D eigenvalue weighted by Crippen LogP contribution is 2.39. The van der Waals surface area contributed by atoms with Crippen LogP contribution >= 0.6 is 11.8 Å². The SMILES string of the molecule is CN(Cc1cnn(C)c1)C(=O)CS[C@H]1CCCc2ccccc21. The van der Waals surface area contributed by atoms with Gasteiger partial charge in [-0.25, -0.2) is 0 Å². The Hall–Kier alpha value is -1.75. The van der Waals surface area contributed by atoms with Crippen molar-refractivity contribution in [2.45, 2.75) is 31.1 Å². The molecule has 5 heteroatoms. The summed E-state index contributed by atoms with van der Waals surface area (Å²) in [7, 11) is 3.76. The molecule has 122 valence electrons. The molecule has 1 heterocycles. The maximum absolute atomic E-state index is 12.4. The standard InChI is InChI=1S/C18H23N3OS/c1-20(11-14-10-19-21(2)12-14)18(22)13-23-17-9-5-7-15-6-3-4-8-16(15)17/h3-4,6,8,10,12,17H,5,7,9,11,13H2,1-2H3/t17-/m0/s1. The molecule has 0 spiro atoms. The molecule has 1 atom stereocenters. The van der Waals surface area contributed by atoms with Crippen molar-refractivity contribution in [2.75, 3.05) is 12.8 Å². The normalized spacial score (nSPS) is 16.9. The summed E-state index contributed by atoms with van der Waals surface area (Å²) in [6.45, 7) is 0.620. The van der Waals surface area contributed by atoms with E-state index in [0.29, 0.717) is 17.5 Å². The fourth-order valence-corrected chi connectivity index (χ4v) is 4.39. The molecular formula is C18H23N3OS. The van der Waals surface area contributed by atoms with E-state index >= 15 is 0 Å². The minimum absolute atomic E-state index is 0.182. The lowest BCUT2D eigenvalue weighted by Gasteiger charge is -2.25. The van der Waals surface area contributed by atoms with Crippen molar-refractivity contribution in [3.63, 3.8) is 0 Å². The number of nitrogens with zero attached hydrogens (tertiary/aromatic N) is 3. The van der Waals surface area contributed by atoms with Gasteiger partial charge in [-0.1, -0.05) is 24.3 Å². The maximum atomic E-state index is 12.4. The van der Waals surface area contributed by atoms with E-state index < -0.39 is 0 Å². The summed E-state index contributed by atoms with van der Waals surface area (Å²) in [6, 6.07) is 8.65. The Balaban J connectivity index is 1.55. The third-order valence-corrected chi connectivity index (χ3v) is 5.63.